The average molecular weight is 270 g/mol. The number of aliphatic imine (C=N–C) groups is 1. The van der Waals surface area contributed by atoms with Gasteiger partial charge in [0, 0.05) is 9.13 Å². The molecule has 0 unspecified atom stereocenters. The Morgan fingerprint density at radius 3 is 2.42 bits per heavy atom. The van der Waals surface area contributed by atoms with Gasteiger partial charge in [-0.1, -0.05) is 12.1 Å². The van der Waals surface area contributed by atoms with Crippen molar-refractivity contribution < 1.29 is 0 Å². The maximum Gasteiger partial charge on any atom is 0.248 e. The zero-order chi connectivity index (χ0) is 8.39. The molecule has 3 nitrogen and oxygen atoms in total. The molecule has 0 N–H and O–H groups in total. The molecule has 0 aromatic heterocycles. The summed E-state index contributed by atoms with van der Waals surface area (Å²) >= 11 is 2.26. The van der Waals surface area contributed by atoms with E-state index in [4.69, 9.17) is 0 Å². The summed E-state index contributed by atoms with van der Waals surface area (Å²) in [7, 11) is 0. The smallest absolute Gasteiger partial charge is 0.230 e. The Hall–Kier alpha value is -0.780. The molecule has 1 heterocycles. The van der Waals surface area contributed by atoms with E-state index < -0.39 is 0 Å². The number of azo groups is 1. The molecule has 0 aliphatic carbocycles. The normalized spacial score (nSPS) is 15.8. The maximum absolute atomic E-state index is 3.99. The van der Waals surface area contributed by atoms with Gasteiger partial charge in [0.15, 0.2) is 0 Å². The van der Waals surface area contributed by atoms with Crippen molar-refractivity contribution in [3.05, 3.63) is 39.6 Å². The lowest BCUT2D eigenvalue weighted by molar-refractivity contribution is 1.02. The maximum atomic E-state index is 3.99. The summed E-state index contributed by atoms with van der Waals surface area (Å²) in [5, 5.41) is 7.51. The van der Waals surface area contributed by atoms with Crippen LogP contribution >= 0.6 is 22.6 Å². The summed E-state index contributed by atoms with van der Waals surface area (Å²) in [4.78, 5) is 3.99. The Morgan fingerprint density at radius 2 is 1.83 bits per heavy atom. The van der Waals surface area contributed by atoms with Crippen LogP contribution < -0.4 is 0 Å². The third kappa shape index (κ3) is 1.52. The lowest BCUT2D eigenvalue weighted by Crippen LogP contribution is -1.88. The first kappa shape index (κ1) is 7.85. The van der Waals surface area contributed by atoms with Crippen molar-refractivity contribution in [3.8, 4) is 0 Å². The second kappa shape index (κ2) is 3.30. The number of hydrogen-bond donors (Lipinski definition) is 0. The molecule has 0 amide bonds. The fourth-order valence-corrected chi connectivity index (χ4v) is 1.28. The molecule has 0 atom stereocenters. The second-order valence-electron chi connectivity index (χ2n) is 2.29. The second-order valence-corrected chi connectivity index (χ2v) is 3.54. The summed E-state index contributed by atoms with van der Waals surface area (Å²) in [5.74, 6) is 0. The third-order valence-corrected chi connectivity index (χ3v) is 2.21. The van der Waals surface area contributed by atoms with Gasteiger partial charge in [0.1, 0.15) is 6.34 Å². The van der Waals surface area contributed by atoms with Crippen LogP contribution in [0.1, 0.15) is 5.56 Å². The van der Waals surface area contributed by atoms with Crippen molar-refractivity contribution in [2.24, 2.45) is 15.2 Å². The monoisotopic (exact) mass is 270 g/mol. The molecule has 1 aromatic carbocycles. The fraction of sp³-hybridized carbons (Fsp3) is 0. The number of rotatable bonds is 1. The van der Waals surface area contributed by atoms with Crippen molar-refractivity contribution in [3.63, 3.8) is 0 Å². The Labute approximate surface area is 83.8 Å². The highest BCUT2D eigenvalue weighted by Gasteiger charge is 2.11. The number of benzene rings is 1. The molecule has 0 bridgehead atoms. The van der Waals surface area contributed by atoms with Crippen LogP contribution in [-0.4, -0.2) is 6.34 Å². The highest BCUT2D eigenvalue weighted by Crippen LogP contribution is 2.21. The molecule has 12 heavy (non-hydrogen) atoms. The topological polar surface area (TPSA) is 37.1 Å². The van der Waals surface area contributed by atoms with Gasteiger partial charge in [-0.05, 0) is 34.7 Å². The van der Waals surface area contributed by atoms with Crippen molar-refractivity contribution in [1.82, 2.24) is 0 Å². The molecule has 59 valence electrons. The molecule has 0 fully saturated rings. The first-order valence-electron chi connectivity index (χ1n) is 3.42. The number of hydrogen-bond acceptors (Lipinski definition) is 3. The van der Waals surface area contributed by atoms with Crippen molar-refractivity contribution >= 4 is 28.9 Å². The largest absolute Gasteiger partial charge is 0.248 e. The van der Waals surface area contributed by atoms with Crippen LogP contribution in [-0.2, 0) is 0 Å². The minimum absolute atomic E-state index is 0.686. The summed E-state index contributed by atoms with van der Waals surface area (Å²) in [6, 6.07) is 8.01. The highest BCUT2D eigenvalue weighted by atomic mass is 127. The number of halogens is 1. The standard InChI is InChI=1S/C8H5IN3/c9-7-3-1-6(2-4-7)8-10-5-11-12-8/h1-5H. The summed E-state index contributed by atoms with van der Waals surface area (Å²) in [6.07, 6.45) is 2.14. The van der Waals surface area contributed by atoms with Gasteiger partial charge in [0.05, 0.1) is 0 Å². The molecule has 1 aliphatic rings. The SMILES string of the molecule is Ic1ccc([C]2N=CN=N2)cc1. The molecular weight excluding hydrogens is 265 g/mol. The Balaban J connectivity index is 2.29. The first-order chi connectivity index (χ1) is 5.86. The van der Waals surface area contributed by atoms with Crippen LogP contribution in [0.25, 0.3) is 0 Å². The van der Waals surface area contributed by atoms with Gasteiger partial charge in [-0.15, -0.1) is 10.2 Å². The molecule has 1 aliphatic heterocycles. The molecule has 4 heteroatoms. The van der Waals surface area contributed by atoms with Crippen molar-refractivity contribution in [2.75, 3.05) is 0 Å². The van der Waals surface area contributed by atoms with Gasteiger partial charge in [-0.25, -0.2) is 4.99 Å². The molecule has 0 saturated carbocycles. The van der Waals surface area contributed by atoms with E-state index in [2.05, 4.69) is 37.8 Å². The Kier molecular flexibility index (Phi) is 2.16. The highest BCUT2D eigenvalue weighted by molar-refractivity contribution is 14.1. The van der Waals surface area contributed by atoms with Crippen LogP contribution in [0.3, 0.4) is 0 Å². The van der Waals surface area contributed by atoms with Gasteiger partial charge in [-0.3, -0.25) is 0 Å². The Morgan fingerprint density at radius 1 is 1.08 bits per heavy atom. The van der Waals surface area contributed by atoms with E-state index >= 15 is 0 Å². The van der Waals surface area contributed by atoms with Crippen LogP contribution in [0.5, 0.6) is 0 Å². The fourth-order valence-electron chi connectivity index (χ4n) is 0.918. The van der Waals surface area contributed by atoms with E-state index in [1.807, 2.05) is 24.3 Å². The molecule has 2 rings (SSSR count). The van der Waals surface area contributed by atoms with Crippen LogP contribution in [0.15, 0.2) is 39.5 Å². The van der Waals surface area contributed by atoms with Gasteiger partial charge < -0.3 is 0 Å². The van der Waals surface area contributed by atoms with Crippen molar-refractivity contribution in [2.45, 2.75) is 0 Å². The van der Waals surface area contributed by atoms with E-state index in [1.165, 1.54) is 9.91 Å². The lowest BCUT2D eigenvalue weighted by Gasteiger charge is -1.99. The molecular formula is C8H5IN3. The predicted molar refractivity (Wildman–Crippen MR) is 54.9 cm³/mol. The van der Waals surface area contributed by atoms with E-state index in [0.717, 1.165) is 5.56 Å². The summed E-state index contributed by atoms with van der Waals surface area (Å²) in [6.45, 7) is 0. The van der Waals surface area contributed by atoms with Gasteiger partial charge in [0.25, 0.3) is 0 Å². The summed E-state index contributed by atoms with van der Waals surface area (Å²) in [5.41, 5.74) is 1.01. The average Bonchev–Trinajstić information content (AvgIpc) is 2.58. The van der Waals surface area contributed by atoms with Crippen LogP contribution in [0.2, 0.25) is 0 Å². The van der Waals surface area contributed by atoms with E-state index in [9.17, 15) is 0 Å². The molecule has 1 aromatic rings. The van der Waals surface area contributed by atoms with Gasteiger partial charge in [0.2, 0.25) is 6.17 Å². The predicted octanol–water partition coefficient (Wildman–Crippen LogP) is 2.62. The number of nitrogens with zero attached hydrogens (tertiary/aromatic N) is 3. The molecule has 1 radical (unpaired) electrons. The zero-order valence-corrected chi connectivity index (χ0v) is 8.26. The molecule has 0 saturated heterocycles. The minimum Gasteiger partial charge on any atom is -0.230 e. The van der Waals surface area contributed by atoms with E-state index in [-0.39, 0.29) is 0 Å². The Bertz CT molecular complexity index is 317. The van der Waals surface area contributed by atoms with Gasteiger partial charge in [-0.2, -0.15) is 0 Å². The first-order valence-corrected chi connectivity index (χ1v) is 4.50. The van der Waals surface area contributed by atoms with E-state index in [0.29, 0.717) is 6.17 Å². The van der Waals surface area contributed by atoms with Crippen LogP contribution in [0, 0.1) is 9.74 Å². The lowest BCUT2D eigenvalue weighted by atomic mass is 10.2. The molecule has 0 spiro atoms. The quantitative estimate of drug-likeness (QED) is 0.703. The summed E-state index contributed by atoms with van der Waals surface area (Å²) < 4.78 is 1.20. The minimum atomic E-state index is 0.686. The van der Waals surface area contributed by atoms with Gasteiger partial charge >= 0.3 is 0 Å². The van der Waals surface area contributed by atoms with Crippen LogP contribution in [0.4, 0.5) is 0 Å². The van der Waals surface area contributed by atoms with E-state index in [1.54, 1.807) is 0 Å². The third-order valence-electron chi connectivity index (χ3n) is 1.49. The zero-order valence-electron chi connectivity index (χ0n) is 6.11. The van der Waals surface area contributed by atoms with Crippen molar-refractivity contribution in [1.29, 1.82) is 0 Å².